The average molecular weight is 355 g/mol. The Balaban J connectivity index is 1.63. The van der Waals surface area contributed by atoms with E-state index in [1.54, 1.807) is 23.1 Å². The molecule has 0 bridgehead atoms. The summed E-state index contributed by atoms with van der Waals surface area (Å²) in [5.41, 5.74) is 0.181. The number of hydrogen-bond donors (Lipinski definition) is 2. The summed E-state index contributed by atoms with van der Waals surface area (Å²) in [5, 5.41) is 16.7. The molecule has 0 unspecified atom stereocenters. The van der Waals surface area contributed by atoms with E-state index < -0.39 is 24.8 Å². The molecule has 0 aliphatic heterocycles. The molecule has 3 rings (SSSR count). The van der Waals surface area contributed by atoms with Crippen molar-refractivity contribution in [2.75, 3.05) is 6.61 Å². The molecule has 0 spiro atoms. The Bertz CT molecular complexity index is 734. The number of aliphatic hydroxyl groups is 1. The number of hydrogen-bond acceptors (Lipinski definition) is 4. The van der Waals surface area contributed by atoms with E-state index in [1.807, 2.05) is 0 Å². The largest absolute Gasteiger partial charge is 0.484 e. The highest BCUT2D eigenvalue weighted by Crippen LogP contribution is 2.32. The molecule has 1 heterocycles. The van der Waals surface area contributed by atoms with Crippen molar-refractivity contribution >= 4 is 5.91 Å². The number of carbonyl (C=O) groups excluding carboxylic acids is 1. The van der Waals surface area contributed by atoms with Gasteiger partial charge in [-0.15, -0.1) is 0 Å². The number of nitrogens with zero attached hydrogens (tertiary/aromatic N) is 2. The van der Waals surface area contributed by atoms with Crippen molar-refractivity contribution in [1.82, 2.24) is 15.1 Å². The second kappa shape index (κ2) is 6.75. The second-order valence-electron chi connectivity index (χ2n) is 5.79. The molecule has 0 saturated heterocycles. The number of aromatic nitrogens is 2. The second-order valence-corrected chi connectivity index (χ2v) is 5.79. The first-order valence-corrected chi connectivity index (χ1v) is 7.61. The Hall–Kier alpha value is -2.55. The third kappa shape index (κ3) is 4.11. The monoisotopic (exact) mass is 355 g/mol. The lowest BCUT2D eigenvalue weighted by Crippen LogP contribution is -2.56. The molecule has 1 aliphatic carbocycles. The maximum absolute atomic E-state index is 12.3. The first-order valence-electron chi connectivity index (χ1n) is 7.61. The molecular formula is C16H16F3N3O3. The van der Waals surface area contributed by atoms with Crippen LogP contribution in [0.5, 0.6) is 5.75 Å². The molecule has 0 radical (unpaired) electrons. The number of nitrogens with one attached hydrogen (secondary N) is 1. The van der Waals surface area contributed by atoms with Crippen LogP contribution in [-0.2, 0) is 0 Å². The molecule has 2 aromatic rings. The van der Waals surface area contributed by atoms with E-state index in [1.165, 1.54) is 24.3 Å². The third-order valence-electron chi connectivity index (χ3n) is 3.95. The summed E-state index contributed by atoms with van der Waals surface area (Å²) in [6.07, 6.45) is -1.42. The summed E-state index contributed by atoms with van der Waals surface area (Å²) in [7, 11) is 0. The van der Waals surface area contributed by atoms with E-state index in [-0.39, 0.29) is 23.4 Å². The highest BCUT2D eigenvalue weighted by atomic mass is 19.4. The fourth-order valence-electron chi connectivity index (χ4n) is 2.72. The minimum atomic E-state index is -4.45. The van der Waals surface area contributed by atoms with Gasteiger partial charge in [-0.3, -0.25) is 9.48 Å². The predicted octanol–water partition coefficient (Wildman–Crippen LogP) is 1.93. The van der Waals surface area contributed by atoms with Crippen molar-refractivity contribution in [3.8, 4) is 5.75 Å². The van der Waals surface area contributed by atoms with Gasteiger partial charge >= 0.3 is 6.18 Å². The minimum Gasteiger partial charge on any atom is -0.484 e. The van der Waals surface area contributed by atoms with E-state index in [0.29, 0.717) is 6.42 Å². The quantitative estimate of drug-likeness (QED) is 0.859. The van der Waals surface area contributed by atoms with Crippen molar-refractivity contribution in [1.29, 1.82) is 0 Å². The summed E-state index contributed by atoms with van der Waals surface area (Å²) in [6.45, 7) is -1.42. The van der Waals surface area contributed by atoms with Gasteiger partial charge in [-0.05, 0) is 30.7 Å². The first-order chi connectivity index (χ1) is 11.8. The fraction of sp³-hybridized carbons (Fsp3) is 0.375. The van der Waals surface area contributed by atoms with Gasteiger partial charge in [-0.25, -0.2) is 0 Å². The maximum atomic E-state index is 12.3. The maximum Gasteiger partial charge on any atom is 0.422 e. The van der Waals surface area contributed by atoms with E-state index in [0.717, 1.165) is 0 Å². The van der Waals surface area contributed by atoms with Crippen molar-refractivity contribution in [3.63, 3.8) is 0 Å². The Morgan fingerprint density at radius 3 is 2.84 bits per heavy atom. The number of benzene rings is 1. The third-order valence-corrected chi connectivity index (χ3v) is 3.95. The number of rotatable bonds is 5. The summed E-state index contributed by atoms with van der Waals surface area (Å²) < 4.78 is 42.8. The summed E-state index contributed by atoms with van der Waals surface area (Å²) in [5.74, 6) is -0.492. The molecule has 1 aliphatic rings. The molecular weight excluding hydrogens is 339 g/mol. The average Bonchev–Trinajstić information content (AvgIpc) is 3.05. The molecule has 1 amide bonds. The number of carbonyl (C=O) groups is 1. The molecule has 9 heteroatoms. The van der Waals surface area contributed by atoms with Crippen LogP contribution in [0.15, 0.2) is 42.7 Å². The Kier molecular flexibility index (Phi) is 4.67. The zero-order valence-electron chi connectivity index (χ0n) is 13.0. The molecule has 1 aromatic carbocycles. The lowest BCUT2D eigenvalue weighted by Gasteiger charge is -2.41. The van der Waals surface area contributed by atoms with Gasteiger partial charge in [0.05, 0.1) is 18.2 Å². The number of aliphatic hydroxyl groups excluding tert-OH is 1. The van der Waals surface area contributed by atoms with E-state index in [9.17, 15) is 23.1 Å². The van der Waals surface area contributed by atoms with Crippen LogP contribution in [-0.4, -0.2) is 45.7 Å². The first kappa shape index (κ1) is 17.3. The van der Waals surface area contributed by atoms with Crippen molar-refractivity contribution in [2.45, 2.75) is 30.8 Å². The molecule has 1 aromatic heterocycles. The van der Waals surface area contributed by atoms with Crippen molar-refractivity contribution < 1.29 is 27.8 Å². The SMILES string of the molecule is O=C(N[C@H]1C[C@@H](O)[C@@H]1n1cccn1)c1cccc(OCC(F)(F)F)c1. The molecule has 25 heavy (non-hydrogen) atoms. The molecule has 1 fully saturated rings. The molecule has 134 valence electrons. The zero-order valence-corrected chi connectivity index (χ0v) is 13.0. The number of amides is 1. The highest BCUT2D eigenvalue weighted by molar-refractivity contribution is 5.94. The highest BCUT2D eigenvalue weighted by Gasteiger charge is 2.42. The van der Waals surface area contributed by atoms with Gasteiger partial charge in [0.15, 0.2) is 6.61 Å². The Morgan fingerprint density at radius 1 is 1.40 bits per heavy atom. The molecule has 3 atom stereocenters. The van der Waals surface area contributed by atoms with Crippen LogP contribution in [0.3, 0.4) is 0 Å². The predicted molar refractivity (Wildman–Crippen MR) is 81.1 cm³/mol. The molecule has 6 nitrogen and oxygen atoms in total. The van der Waals surface area contributed by atoms with Crippen LogP contribution in [0.4, 0.5) is 13.2 Å². The van der Waals surface area contributed by atoms with Gasteiger partial charge < -0.3 is 15.2 Å². The van der Waals surface area contributed by atoms with Crippen molar-refractivity contribution in [3.05, 3.63) is 48.3 Å². The van der Waals surface area contributed by atoms with Crippen LogP contribution >= 0.6 is 0 Å². The smallest absolute Gasteiger partial charge is 0.422 e. The lowest BCUT2D eigenvalue weighted by atomic mass is 9.83. The topological polar surface area (TPSA) is 76.4 Å². The number of alkyl halides is 3. The summed E-state index contributed by atoms with van der Waals surface area (Å²) in [6, 6.07) is 6.55. The van der Waals surface area contributed by atoms with Gasteiger partial charge in [0.2, 0.25) is 0 Å². The summed E-state index contributed by atoms with van der Waals surface area (Å²) >= 11 is 0. The van der Waals surface area contributed by atoms with E-state index >= 15 is 0 Å². The van der Waals surface area contributed by atoms with Crippen LogP contribution in [0, 0.1) is 0 Å². The molecule has 1 saturated carbocycles. The van der Waals surface area contributed by atoms with E-state index in [2.05, 4.69) is 15.2 Å². The standard InChI is InChI=1S/C16H16F3N3O3/c17-16(18,19)9-25-11-4-1-3-10(7-11)15(24)21-12-8-13(23)14(12)22-6-2-5-20-22/h1-7,12-14,23H,8-9H2,(H,21,24)/t12-,13+,14+/m0/s1. The minimum absolute atomic E-state index is 0.0396. The summed E-state index contributed by atoms with van der Waals surface area (Å²) in [4.78, 5) is 12.3. The van der Waals surface area contributed by atoms with Gasteiger partial charge in [0.1, 0.15) is 5.75 Å². The van der Waals surface area contributed by atoms with E-state index in [4.69, 9.17) is 0 Å². The Morgan fingerprint density at radius 2 is 2.20 bits per heavy atom. The van der Waals surface area contributed by atoms with Gasteiger partial charge in [0.25, 0.3) is 5.91 Å². The normalized spacial score (nSPS) is 23.0. The van der Waals surface area contributed by atoms with Crippen LogP contribution in [0.25, 0.3) is 0 Å². The van der Waals surface area contributed by atoms with Gasteiger partial charge in [-0.2, -0.15) is 18.3 Å². The fourth-order valence-corrected chi connectivity index (χ4v) is 2.72. The Labute approximate surface area is 141 Å². The lowest BCUT2D eigenvalue weighted by molar-refractivity contribution is -0.153. The van der Waals surface area contributed by atoms with Crippen LogP contribution in [0.1, 0.15) is 22.8 Å². The van der Waals surface area contributed by atoms with Crippen LogP contribution < -0.4 is 10.1 Å². The van der Waals surface area contributed by atoms with Gasteiger partial charge in [-0.1, -0.05) is 6.07 Å². The number of halogens is 3. The van der Waals surface area contributed by atoms with Gasteiger partial charge in [0, 0.05) is 18.0 Å². The van der Waals surface area contributed by atoms with Crippen LogP contribution in [0.2, 0.25) is 0 Å². The van der Waals surface area contributed by atoms with Crippen molar-refractivity contribution in [2.24, 2.45) is 0 Å². The number of ether oxygens (including phenoxy) is 1. The zero-order chi connectivity index (χ0) is 18.0. The molecule has 2 N–H and O–H groups in total.